The van der Waals surface area contributed by atoms with Crippen LogP contribution in [0.25, 0.3) is 6.08 Å². The molecule has 6 heteroatoms. The van der Waals surface area contributed by atoms with Gasteiger partial charge in [0.2, 0.25) is 5.91 Å². The molecule has 0 radical (unpaired) electrons. The van der Waals surface area contributed by atoms with Crippen LogP contribution in [0.4, 0.5) is 10.5 Å². The van der Waals surface area contributed by atoms with Gasteiger partial charge in [-0.15, -0.1) is 0 Å². The second-order valence-corrected chi connectivity index (χ2v) is 8.00. The summed E-state index contributed by atoms with van der Waals surface area (Å²) >= 11 is 0.856. The van der Waals surface area contributed by atoms with Crippen molar-refractivity contribution in [2.24, 2.45) is 0 Å². The van der Waals surface area contributed by atoms with Gasteiger partial charge in [0.05, 0.1) is 4.91 Å². The van der Waals surface area contributed by atoms with E-state index in [9.17, 15) is 14.4 Å². The number of carbonyl (C=O) groups excluding carboxylic acids is 3. The first-order chi connectivity index (χ1) is 13.3. The lowest BCUT2D eigenvalue weighted by Crippen LogP contribution is -2.36. The molecule has 3 amide bonds. The number of thioether (sulfide) groups is 1. The van der Waals surface area contributed by atoms with Crippen LogP contribution in [-0.2, 0) is 9.59 Å². The van der Waals surface area contributed by atoms with E-state index in [0.29, 0.717) is 16.5 Å². The Morgan fingerprint density at radius 3 is 2.50 bits per heavy atom. The summed E-state index contributed by atoms with van der Waals surface area (Å²) in [7, 11) is 0. The minimum atomic E-state index is -0.442. The first-order valence-corrected chi connectivity index (χ1v) is 9.87. The van der Waals surface area contributed by atoms with Gasteiger partial charge in [0.15, 0.2) is 0 Å². The van der Waals surface area contributed by atoms with Crippen LogP contribution in [0.1, 0.15) is 36.5 Å². The maximum absolute atomic E-state index is 12.6. The fraction of sp³-hybridized carbons (Fsp3) is 0.227. The molecule has 0 bridgehead atoms. The highest BCUT2D eigenvalue weighted by atomic mass is 32.2. The van der Waals surface area contributed by atoms with E-state index in [1.165, 1.54) is 5.56 Å². The van der Waals surface area contributed by atoms with Gasteiger partial charge < -0.3 is 5.32 Å². The fourth-order valence-corrected chi connectivity index (χ4v) is 3.67. The van der Waals surface area contributed by atoms with E-state index < -0.39 is 17.1 Å². The molecular weight excluding hydrogens is 372 g/mol. The smallest absolute Gasteiger partial charge is 0.294 e. The molecule has 0 spiro atoms. The van der Waals surface area contributed by atoms with Gasteiger partial charge in [0.1, 0.15) is 6.54 Å². The average Bonchev–Trinajstić information content (AvgIpc) is 2.89. The maximum Gasteiger partial charge on any atom is 0.294 e. The van der Waals surface area contributed by atoms with E-state index in [4.69, 9.17) is 0 Å². The second-order valence-electron chi connectivity index (χ2n) is 7.01. The van der Waals surface area contributed by atoms with Crippen molar-refractivity contribution in [3.8, 4) is 0 Å². The van der Waals surface area contributed by atoms with Gasteiger partial charge >= 0.3 is 0 Å². The van der Waals surface area contributed by atoms with E-state index in [1.807, 2.05) is 49.4 Å². The molecule has 3 rings (SSSR count). The molecule has 1 aliphatic rings. The molecule has 0 aliphatic carbocycles. The fourth-order valence-electron chi connectivity index (χ4n) is 2.83. The number of aryl methyl sites for hydroxylation is 1. The molecule has 2 aromatic rings. The number of carbonyl (C=O) groups is 3. The second kappa shape index (κ2) is 8.44. The van der Waals surface area contributed by atoms with Gasteiger partial charge in [-0.05, 0) is 59.5 Å². The number of amides is 3. The van der Waals surface area contributed by atoms with Gasteiger partial charge in [-0.1, -0.05) is 50.2 Å². The Bertz CT molecular complexity index is 949. The predicted octanol–water partition coefficient (Wildman–Crippen LogP) is 4.79. The van der Waals surface area contributed by atoms with Crippen molar-refractivity contribution >= 4 is 40.6 Å². The van der Waals surface area contributed by atoms with Gasteiger partial charge in [0.25, 0.3) is 11.1 Å². The highest BCUT2D eigenvalue weighted by Gasteiger charge is 2.36. The monoisotopic (exact) mass is 394 g/mol. The zero-order valence-corrected chi connectivity index (χ0v) is 16.9. The topological polar surface area (TPSA) is 66.5 Å². The molecule has 28 heavy (non-hydrogen) atoms. The van der Waals surface area contributed by atoms with Crippen LogP contribution in [0, 0.1) is 6.92 Å². The van der Waals surface area contributed by atoms with E-state index in [2.05, 4.69) is 19.2 Å². The Balaban J connectivity index is 1.68. The standard InChI is InChI=1S/C22H22N2O3S/c1-14(2)17-9-7-16(8-10-17)12-19-21(26)24(22(27)28-19)13-20(25)23-18-6-4-5-15(3)11-18/h4-12,14H,13H2,1-3H3,(H,23,25). The largest absolute Gasteiger partial charge is 0.325 e. The van der Waals surface area contributed by atoms with Crippen LogP contribution >= 0.6 is 11.8 Å². The molecule has 0 aromatic heterocycles. The molecule has 1 N–H and O–H groups in total. The molecular formula is C22H22N2O3S. The molecule has 2 aromatic carbocycles. The number of nitrogens with one attached hydrogen (secondary N) is 1. The molecule has 5 nitrogen and oxygen atoms in total. The number of hydrogen-bond donors (Lipinski definition) is 1. The van der Waals surface area contributed by atoms with E-state index in [1.54, 1.807) is 12.1 Å². The summed E-state index contributed by atoms with van der Waals surface area (Å²) in [6.45, 7) is 5.84. The number of benzene rings is 2. The van der Waals surface area contributed by atoms with Crippen molar-refractivity contribution in [2.45, 2.75) is 26.7 Å². The third-order valence-electron chi connectivity index (χ3n) is 4.38. The van der Waals surface area contributed by atoms with Crippen LogP contribution < -0.4 is 5.32 Å². The Hall–Kier alpha value is -2.86. The van der Waals surface area contributed by atoms with Crippen LogP contribution in [0.15, 0.2) is 53.4 Å². The highest BCUT2D eigenvalue weighted by Crippen LogP contribution is 2.32. The molecule has 0 saturated carbocycles. The first kappa shape index (κ1) is 19.9. The van der Waals surface area contributed by atoms with Gasteiger partial charge in [-0.25, -0.2) is 0 Å². The van der Waals surface area contributed by atoms with Crippen molar-refractivity contribution in [3.05, 3.63) is 70.1 Å². The Morgan fingerprint density at radius 2 is 1.86 bits per heavy atom. The quantitative estimate of drug-likeness (QED) is 0.740. The molecule has 1 saturated heterocycles. The number of nitrogens with zero attached hydrogens (tertiary/aromatic N) is 1. The normalized spacial score (nSPS) is 15.6. The zero-order chi connectivity index (χ0) is 20.3. The third kappa shape index (κ3) is 4.70. The SMILES string of the molecule is Cc1cccc(NC(=O)CN2C(=O)SC(=Cc3ccc(C(C)C)cc3)C2=O)c1. The van der Waals surface area contributed by atoms with E-state index >= 15 is 0 Å². The first-order valence-electron chi connectivity index (χ1n) is 9.05. The van der Waals surface area contributed by atoms with Crippen LogP contribution in [-0.4, -0.2) is 28.5 Å². The molecule has 1 heterocycles. The van der Waals surface area contributed by atoms with Crippen molar-refractivity contribution in [1.82, 2.24) is 4.90 Å². The molecule has 1 aliphatic heterocycles. The Kier molecular flexibility index (Phi) is 5.99. The third-order valence-corrected chi connectivity index (χ3v) is 5.29. The summed E-state index contributed by atoms with van der Waals surface area (Å²) in [4.78, 5) is 38.3. The molecule has 0 atom stereocenters. The number of imide groups is 1. The highest BCUT2D eigenvalue weighted by molar-refractivity contribution is 8.18. The average molecular weight is 394 g/mol. The summed E-state index contributed by atoms with van der Waals surface area (Å²) in [5, 5.41) is 2.28. The number of rotatable bonds is 5. The zero-order valence-electron chi connectivity index (χ0n) is 16.1. The van der Waals surface area contributed by atoms with Crippen molar-refractivity contribution in [1.29, 1.82) is 0 Å². The lowest BCUT2D eigenvalue weighted by Gasteiger charge is -2.12. The van der Waals surface area contributed by atoms with Crippen molar-refractivity contribution in [2.75, 3.05) is 11.9 Å². The maximum atomic E-state index is 12.6. The van der Waals surface area contributed by atoms with Gasteiger partial charge in [-0.2, -0.15) is 0 Å². The molecule has 0 unspecified atom stereocenters. The molecule has 1 fully saturated rings. The van der Waals surface area contributed by atoms with Crippen molar-refractivity contribution in [3.63, 3.8) is 0 Å². The molecule has 144 valence electrons. The lowest BCUT2D eigenvalue weighted by molar-refractivity contribution is -0.127. The summed E-state index contributed by atoms with van der Waals surface area (Å²) in [6.07, 6.45) is 1.69. The van der Waals surface area contributed by atoms with Crippen LogP contribution in [0.2, 0.25) is 0 Å². The van der Waals surface area contributed by atoms with Gasteiger partial charge in [0, 0.05) is 5.69 Å². The Morgan fingerprint density at radius 1 is 1.14 bits per heavy atom. The van der Waals surface area contributed by atoms with E-state index in [-0.39, 0.29) is 6.54 Å². The minimum Gasteiger partial charge on any atom is -0.325 e. The predicted molar refractivity (Wildman–Crippen MR) is 113 cm³/mol. The van der Waals surface area contributed by atoms with E-state index in [0.717, 1.165) is 27.8 Å². The van der Waals surface area contributed by atoms with Crippen LogP contribution in [0.5, 0.6) is 0 Å². The summed E-state index contributed by atoms with van der Waals surface area (Å²) < 4.78 is 0. The van der Waals surface area contributed by atoms with Crippen molar-refractivity contribution < 1.29 is 14.4 Å². The lowest BCUT2D eigenvalue weighted by atomic mass is 10.0. The van der Waals surface area contributed by atoms with Crippen LogP contribution in [0.3, 0.4) is 0 Å². The number of hydrogen-bond acceptors (Lipinski definition) is 4. The number of anilines is 1. The summed E-state index contributed by atoms with van der Waals surface area (Å²) in [5.41, 5.74) is 3.70. The minimum absolute atomic E-state index is 0.303. The Labute approximate surface area is 168 Å². The summed E-state index contributed by atoms with van der Waals surface area (Å²) in [6, 6.07) is 15.2. The summed E-state index contributed by atoms with van der Waals surface area (Å²) in [5.74, 6) is -0.425. The van der Waals surface area contributed by atoms with Gasteiger partial charge in [-0.3, -0.25) is 19.3 Å².